The third-order valence-corrected chi connectivity index (χ3v) is 6.76. The number of hydrogen-bond donors (Lipinski definition) is 1. The Morgan fingerprint density at radius 2 is 1.79 bits per heavy atom. The van der Waals surface area contributed by atoms with Gasteiger partial charge in [-0.05, 0) is 36.2 Å². The fraction of sp³-hybridized carbons (Fsp3) is 0.227. The molecular weight excluding hydrogens is 473 g/mol. The standard InChI is InChI=1S/C22H19F3N4O4S/c23-22(24,25)21(31)28-12-10-16-14-17(6-8-19(16)28)34(32,33)26-11-13-29-20(30)9-7-18(27-29)15-4-2-1-3-5-15/h1-9,14,26H,10-13H2. The summed E-state index contributed by atoms with van der Waals surface area (Å²) in [6.07, 6.45) is -4.91. The molecule has 0 unspecified atom stereocenters. The van der Waals surface area contributed by atoms with Crippen LogP contribution in [0.5, 0.6) is 0 Å². The molecule has 0 aliphatic carbocycles. The zero-order chi connectivity index (χ0) is 24.5. The molecule has 0 fully saturated rings. The van der Waals surface area contributed by atoms with E-state index in [4.69, 9.17) is 0 Å². The van der Waals surface area contributed by atoms with Crippen molar-refractivity contribution in [1.29, 1.82) is 0 Å². The van der Waals surface area contributed by atoms with Crippen LogP contribution in [-0.4, -0.2) is 43.4 Å². The van der Waals surface area contributed by atoms with Gasteiger partial charge in [-0.2, -0.15) is 18.3 Å². The van der Waals surface area contributed by atoms with Crippen LogP contribution in [-0.2, 0) is 27.8 Å². The normalized spacial score (nSPS) is 13.7. The molecule has 1 N–H and O–H groups in total. The zero-order valence-corrected chi connectivity index (χ0v) is 18.4. The van der Waals surface area contributed by atoms with Gasteiger partial charge < -0.3 is 4.90 Å². The van der Waals surface area contributed by atoms with Crippen LogP contribution in [0.4, 0.5) is 18.9 Å². The number of carbonyl (C=O) groups excluding carboxylic acids is 1. The molecule has 3 aromatic rings. The highest BCUT2D eigenvalue weighted by Gasteiger charge is 2.44. The highest BCUT2D eigenvalue weighted by Crippen LogP contribution is 2.33. The topological polar surface area (TPSA) is 101 Å². The minimum Gasteiger partial charge on any atom is -0.304 e. The van der Waals surface area contributed by atoms with Gasteiger partial charge in [0.1, 0.15) is 0 Å². The SMILES string of the molecule is O=C(N1CCc2cc(S(=O)(=O)NCCn3nc(-c4ccccc4)ccc3=O)ccc21)C(F)(F)F. The van der Waals surface area contributed by atoms with Gasteiger partial charge in [0.2, 0.25) is 10.0 Å². The Balaban J connectivity index is 1.46. The van der Waals surface area contributed by atoms with Gasteiger partial charge >= 0.3 is 12.1 Å². The Morgan fingerprint density at radius 1 is 1.06 bits per heavy atom. The van der Waals surface area contributed by atoms with Gasteiger partial charge in [-0.3, -0.25) is 9.59 Å². The molecule has 2 heterocycles. The molecule has 0 bridgehead atoms. The summed E-state index contributed by atoms with van der Waals surface area (Å²) in [6, 6.07) is 15.7. The highest BCUT2D eigenvalue weighted by molar-refractivity contribution is 7.89. The lowest BCUT2D eigenvalue weighted by atomic mass is 10.1. The number of aromatic nitrogens is 2. The number of amides is 1. The molecular formula is C22H19F3N4O4S. The van der Waals surface area contributed by atoms with Crippen LogP contribution in [0.1, 0.15) is 5.56 Å². The van der Waals surface area contributed by atoms with Crippen molar-refractivity contribution < 1.29 is 26.4 Å². The van der Waals surface area contributed by atoms with Gasteiger partial charge in [0.05, 0.1) is 17.1 Å². The van der Waals surface area contributed by atoms with Gasteiger partial charge in [-0.25, -0.2) is 17.8 Å². The van der Waals surface area contributed by atoms with E-state index < -0.39 is 27.7 Å². The van der Waals surface area contributed by atoms with Crippen molar-refractivity contribution in [2.45, 2.75) is 24.0 Å². The third-order valence-electron chi connectivity index (χ3n) is 5.30. The second kappa shape index (κ2) is 9.03. The second-order valence-electron chi connectivity index (χ2n) is 7.54. The largest absolute Gasteiger partial charge is 0.471 e. The van der Waals surface area contributed by atoms with Crippen LogP contribution in [0.25, 0.3) is 11.3 Å². The summed E-state index contributed by atoms with van der Waals surface area (Å²) >= 11 is 0. The molecule has 34 heavy (non-hydrogen) atoms. The van der Waals surface area contributed by atoms with Crippen molar-refractivity contribution in [3.8, 4) is 11.3 Å². The first kappa shape index (κ1) is 23.6. The zero-order valence-electron chi connectivity index (χ0n) is 17.6. The number of hydrogen-bond acceptors (Lipinski definition) is 5. The van der Waals surface area contributed by atoms with Crippen molar-refractivity contribution >= 4 is 21.6 Å². The first-order valence-electron chi connectivity index (χ1n) is 10.2. The van der Waals surface area contributed by atoms with E-state index in [9.17, 15) is 31.2 Å². The third kappa shape index (κ3) is 4.87. The number of carbonyl (C=O) groups is 1. The van der Waals surface area contributed by atoms with Crippen molar-refractivity contribution in [3.05, 3.63) is 76.6 Å². The molecule has 1 aromatic heterocycles. The fourth-order valence-corrected chi connectivity index (χ4v) is 4.72. The predicted octanol–water partition coefficient (Wildman–Crippen LogP) is 2.34. The number of halogens is 3. The second-order valence-corrected chi connectivity index (χ2v) is 9.31. The van der Waals surface area contributed by atoms with E-state index in [0.29, 0.717) is 16.2 Å². The van der Waals surface area contributed by atoms with Crippen LogP contribution in [0.15, 0.2) is 70.4 Å². The summed E-state index contributed by atoms with van der Waals surface area (Å²) in [7, 11) is -4.01. The number of rotatable bonds is 6. The van der Waals surface area contributed by atoms with Crippen LogP contribution in [0.3, 0.4) is 0 Å². The molecule has 0 saturated carbocycles. The Kier molecular flexibility index (Phi) is 6.28. The van der Waals surface area contributed by atoms with Crippen molar-refractivity contribution in [1.82, 2.24) is 14.5 Å². The molecule has 12 heteroatoms. The minimum absolute atomic E-state index is 0.0302. The molecule has 8 nitrogen and oxygen atoms in total. The maximum Gasteiger partial charge on any atom is 0.471 e. The molecule has 0 spiro atoms. The first-order chi connectivity index (χ1) is 16.1. The molecule has 0 atom stereocenters. The van der Waals surface area contributed by atoms with Gasteiger partial charge in [-0.1, -0.05) is 30.3 Å². The smallest absolute Gasteiger partial charge is 0.304 e. The molecule has 0 saturated heterocycles. The number of alkyl halides is 3. The fourth-order valence-electron chi connectivity index (χ4n) is 3.65. The number of sulfonamides is 1. The average molecular weight is 492 g/mol. The summed E-state index contributed by atoms with van der Waals surface area (Å²) in [4.78, 5) is 24.1. The Morgan fingerprint density at radius 3 is 2.50 bits per heavy atom. The maximum atomic E-state index is 12.8. The van der Waals surface area contributed by atoms with Crippen LogP contribution >= 0.6 is 0 Å². The van der Waals surface area contributed by atoms with Crippen LogP contribution in [0, 0.1) is 0 Å². The number of nitrogens with one attached hydrogen (secondary N) is 1. The van der Waals surface area contributed by atoms with Crippen molar-refractivity contribution in [2.75, 3.05) is 18.0 Å². The van der Waals surface area contributed by atoms with E-state index in [-0.39, 0.29) is 36.6 Å². The van der Waals surface area contributed by atoms with Gasteiger partial charge in [0.25, 0.3) is 5.56 Å². The summed E-state index contributed by atoms with van der Waals surface area (Å²) in [5, 5.41) is 4.27. The van der Waals surface area contributed by atoms with Crippen molar-refractivity contribution in [2.24, 2.45) is 0 Å². The lowest BCUT2D eigenvalue weighted by Gasteiger charge is -2.19. The number of fused-ring (bicyclic) bond motifs is 1. The minimum atomic E-state index is -5.02. The summed E-state index contributed by atoms with van der Waals surface area (Å²) in [6.45, 7) is -0.349. The van der Waals surface area contributed by atoms with Gasteiger partial charge in [-0.15, -0.1) is 0 Å². The summed E-state index contributed by atoms with van der Waals surface area (Å²) < 4.78 is 67.2. The monoisotopic (exact) mass is 492 g/mol. The Hall–Kier alpha value is -3.51. The van der Waals surface area contributed by atoms with E-state index >= 15 is 0 Å². The number of nitrogens with zero attached hydrogens (tertiary/aromatic N) is 3. The van der Waals surface area contributed by atoms with E-state index in [2.05, 4.69) is 9.82 Å². The summed E-state index contributed by atoms with van der Waals surface area (Å²) in [5.41, 5.74) is 1.32. The van der Waals surface area contributed by atoms with Gasteiger partial charge in [0.15, 0.2) is 0 Å². The lowest BCUT2D eigenvalue weighted by Crippen LogP contribution is -2.40. The lowest BCUT2D eigenvalue weighted by molar-refractivity contribution is -0.170. The van der Waals surface area contributed by atoms with E-state index in [0.717, 1.165) is 16.3 Å². The van der Waals surface area contributed by atoms with E-state index in [1.165, 1.54) is 18.2 Å². The van der Waals surface area contributed by atoms with E-state index in [1.54, 1.807) is 6.07 Å². The quantitative estimate of drug-likeness (QED) is 0.569. The Bertz CT molecular complexity index is 1390. The number of benzene rings is 2. The van der Waals surface area contributed by atoms with Crippen LogP contribution < -0.4 is 15.2 Å². The highest BCUT2D eigenvalue weighted by atomic mass is 32.2. The molecule has 1 aliphatic heterocycles. The number of anilines is 1. The molecule has 1 aliphatic rings. The Labute approximate surface area is 192 Å². The molecule has 178 valence electrons. The average Bonchev–Trinajstić information content (AvgIpc) is 3.23. The van der Waals surface area contributed by atoms with Crippen LogP contribution in [0.2, 0.25) is 0 Å². The molecule has 0 radical (unpaired) electrons. The maximum absolute atomic E-state index is 12.8. The molecule has 2 aromatic carbocycles. The molecule has 1 amide bonds. The first-order valence-corrected chi connectivity index (χ1v) is 11.7. The summed E-state index contributed by atoms with van der Waals surface area (Å²) in [5.74, 6) is -1.99. The van der Waals surface area contributed by atoms with Crippen molar-refractivity contribution in [3.63, 3.8) is 0 Å². The van der Waals surface area contributed by atoms with Gasteiger partial charge in [0, 0.05) is 30.4 Å². The predicted molar refractivity (Wildman–Crippen MR) is 118 cm³/mol. The van der Waals surface area contributed by atoms with E-state index in [1.807, 2.05) is 30.3 Å². The molecule has 4 rings (SSSR count).